The highest BCUT2D eigenvalue weighted by Gasteiger charge is 2.36. The summed E-state index contributed by atoms with van der Waals surface area (Å²) in [4.78, 5) is 5.05. The van der Waals surface area contributed by atoms with Gasteiger partial charge in [-0.25, -0.2) is 0 Å². The van der Waals surface area contributed by atoms with Crippen LogP contribution in [0.1, 0.15) is 31.2 Å². The number of likely N-dealkylation sites (tertiary alicyclic amines) is 2. The van der Waals surface area contributed by atoms with E-state index in [4.69, 9.17) is 11.6 Å². The third kappa shape index (κ3) is 4.02. The van der Waals surface area contributed by atoms with E-state index in [1.54, 1.807) is 0 Å². The summed E-state index contributed by atoms with van der Waals surface area (Å²) in [6.45, 7) is 7.00. The quantitative estimate of drug-likeness (QED) is 0.902. The largest absolute Gasteiger partial charge is 0.396 e. The van der Waals surface area contributed by atoms with Gasteiger partial charge in [-0.05, 0) is 69.6 Å². The van der Waals surface area contributed by atoms with Crippen LogP contribution in [0.2, 0.25) is 5.02 Å². The summed E-state index contributed by atoms with van der Waals surface area (Å²) in [7, 11) is 0. The fourth-order valence-electron chi connectivity index (χ4n) is 3.81. The van der Waals surface area contributed by atoms with Crippen LogP contribution in [-0.4, -0.2) is 54.2 Å². The predicted octanol–water partition coefficient (Wildman–Crippen LogP) is 3.01. The van der Waals surface area contributed by atoms with Crippen LogP contribution in [0.5, 0.6) is 0 Å². The van der Waals surface area contributed by atoms with Gasteiger partial charge in [-0.3, -0.25) is 4.90 Å². The minimum Gasteiger partial charge on any atom is -0.396 e. The molecule has 1 aromatic carbocycles. The number of aliphatic hydroxyl groups is 1. The van der Waals surface area contributed by atoms with E-state index in [1.165, 1.54) is 31.5 Å². The molecule has 0 bridgehead atoms. The number of hydrogen-bond donors (Lipinski definition) is 1. The zero-order valence-electron chi connectivity index (χ0n) is 13.3. The van der Waals surface area contributed by atoms with Crippen LogP contribution in [0.15, 0.2) is 24.3 Å². The highest BCUT2D eigenvalue weighted by atomic mass is 35.5. The van der Waals surface area contributed by atoms with Crippen molar-refractivity contribution in [1.82, 2.24) is 9.80 Å². The molecule has 3 nitrogen and oxygen atoms in total. The van der Waals surface area contributed by atoms with Crippen LogP contribution < -0.4 is 0 Å². The Labute approximate surface area is 138 Å². The van der Waals surface area contributed by atoms with Crippen molar-refractivity contribution < 1.29 is 5.11 Å². The fraction of sp³-hybridized carbons (Fsp3) is 0.667. The highest BCUT2D eigenvalue weighted by molar-refractivity contribution is 6.30. The number of hydrogen-bond acceptors (Lipinski definition) is 3. The van der Waals surface area contributed by atoms with Crippen molar-refractivity contribution in [2.24, 2.45) is 5.41 Å². The van der Waals surface area contributed by atoms with Crippen LogP contribution in [-0.2, 0) is 6.54 Å². The van der Waals surface area contributed by atoms with E-state index in [2.05, 4.69) is 21.9 Å². The van der Waals surface area contributed by atoms with Crippen LogP contribution >= 0.6 is 11.6 Å². The number of rotatable bonds is 5. The fourth-order valence-corrected chi connectivity index (χ4v) is 3.94. The lowest BCUT2D eigenvalue weighted by Gasteiger charge is -2.42. The molecule has 0 radical (unpaired) electrons. The second kappa shape index (κ2) is 7.31. The molecule has 22 heavy (non-hydrogen) atoms. The lowest BCUT2D eigenvalue weighted by atomic mass is 9.78. The Kier molecular flexibility index (Phi) is 5.40. The molecule has 2 saturated heterocycles. The average molecular weight is 323 g/mol. The predicted molar refractivity (Wildman–Crippen MR) is 91.2 cm³/mol. The Hall–Kier alpha value is -0.610. The average Bonchev–Trinajstić information content (AvgIpc) is 3.04. The third-order valence-electron chi connectivity index (χ3n) is 5.33. The molecule has 2 fully saturated rings. The first-order valence-electron chi connectivity index (χ1n) is 8.49. The topological polar surface area (TPSA) is 26.7 Å². The van der Waals surface area contributed by atoms with Gasteiger partial charge in [0.1, 0.15) is 0 Å². The Morgan fingerprint density at radius 3 is 2.18 bits per heavy atom. The maximum absolute atomic E-state index is 9.95. The molecule has 122 valence electrons. The maximum atomic E-state index is 9.95. The Balaban J connectivity index is 1.52. The van der Waals surface area contributed by atoms with Crippen LogP contribution in [0, 0.1) is 5.41 Å². The summed E-state index contributed by atoms with van der Waals surface area (Å²) in [5.41, 5.74) is 1.45. The Morgan fingerprint density at radius 1 is 0.955 bits per heavy atom. The van der Waals surface area contributed by atoms with Gasteiger partial charge in [0.05, 0.1) is 6.61 Å². The van der Waals surface area contributed by atoms with Crippen molar-refractivity contribution >= 4 is 11.6 Å². The van der Waals surface area contributed by atoms with Crippen molar-refractivity contribution in [2.45, 2.75) is 32.2 Å². The summed E-state index contributed by atoms with van der Waals surface area (Å²) in [5.74, 6) is 0. The van der Waals surface area contributed by atoms with E-state index in [9.17, 15) is 5.11 Å². The zero-order chi connectivity index (χ0) is 15.4. The first-order chi connectivity index (χ1) is 10.7. The molecule has 0 atom stereocenters. The summed E-state index contributed by atoms with van der Waals surface area (Å²) in [6, 6.07) is 8.15. The number of piperidine rings is 1. The van der Waals surface area contributed by atoms with E-state index < -0.39 is 0 Å². The van der Waals surface area contributed by atoms with Gasteiger partial charge in [0.25, 0.3) is 0 Å². The van der Waals surface area contributed by atoms with Gasteiger partial charge in [0, 0.05) is 23.5 Å². The smallest absolute Gasteiger partial charge is 0.0500 e. The van der Waals surface area contributed by atoms with Crippen molar-refractivity contribution in [1.29, 1.82) is 0 Å². The first-order valence-corrected chi connectivity index (χ1v) is 8.87. The SMILES string of the molecule is OCC1(CN2CCCC2)CCN(Cc2ccc(Cl)cc2)CC1. The van der Waals surface area contributed by atoms with Crippen LogP contribution in [0.4, 0.5) is 0 Å². The molecule has 1 aromatic rings. The monoisotopic (exact) mass is 322 g/mol. The standard InChI is InChI=1S/C18H27ClN2O/c19-17-5-3-16(4-6-17)13-20-11-7-18(15-22,8-12-20)14-21-9-1-2-10-21/h3-6,22H,1-2,7-15H2. The molecule has 0 spiro atoms. The molecule has 0 aromatic heterocycles. The number of aliphatic hydroxyl groups excluding tert-OH is 1. The minimum atomic E-state index is 0.126. The first kappa shape index (κ1) is 16.3. The van der Waals surface area contributed by atoms with Crippen LogP contribution in [0.3, 0.4) is 0 Å². The number of halogens is 1. The zero-order valence-corrected chi connectivity index (χ0v) is 14.1. The number of benzene rings is 1. The van der Waals surface area contributed by atoms with Gasteiger partial charge in [0.2, 0.25) is 0 Å². The van der Waals surface area contributed by atoms with Gasteiger partial charge >= 0.3 is 0 Å². The normalized spacial score (nSPS) is 23.0. The summed E-state index contributed by atoms with van der Waals surface area (Å²) < 4.78 is 0. The molecular formula is C18H27ClN2O. The molecule has 1 N–H and O–H groups in total. The second-order valence-electron chi connectivity index (χ2n) is 7.04. The van der Waals surface area contributed by atoms with Crippen molar-refractivity contribution in [3.05, 3.63) is 34.9 Å². The van der Waals surface area contributed by atoms with Crippen LogP contribution in [0.25, 0.3) is 0 Å². The molecule has 0 amide bonds. The molecule has 2 aliphatic rings. The molecule has 3 rings (SSSR count). The molecule has 4 heteroatoms. The van der Waals surface area contributed by atoms with E-state index in [0.29, 0.717) is 6.61 Å². The van der Waals surface area contributed by atoms with E-state index in [1.807, 2.05) is 12.1 Å². The van der Waals surface area contributed by atoms with Gasteiger partial charge in [-0.1, -0.05) is 23.7 Å². The summed E-state index contributed by atoms with van der Waals surface area (Å²) >= 11 is 5.95. The third-order valence-corrected chi connectivity index (χ3v) is 5.58. The molecule has 0 unspecified atom stereocenters. The molecule has 0 aliphatic carbocycles. The molecule has 2 aliphatic heterocycles. The molecular weight excluding hydrogens is 296 g/mol. The van der Waals surface area contributed by atoms with E-state index in [0.717, 1.165) is 44.0 Å². The molecule has 0 saturated carbocycles. The van der Waals surface area contributed by atoms with Gasteiger partial charge in [0.15, 0.2) is 0 Å². The lowest BCUT2D eigenvalue weighted by molar-refractivity contribution is 0.0165. The Bertz CT molecular complexity index is 462. The minimum absolute atomic E-state index is 0.126. The van der Waals surface area contributed by atoms with E-state index in [-0.39, 0.29) is 5.41 Å². The Morgan fingerprint density at radius 2 is 1.59 bits per heavy atom. The molecule has 2 heterocycles. The van der Waals surface area contributed by atoms with Crippen molar-refractivity contribution in [2.75, 3.05) is 39.3 Å². The second-order valence-corrected chi connectivity index (χ2v) is 7.48. The highest BCUT2D eigenvalue weighted by Crippen LogP contribution is 2.33. The lowest BCUT2D eigenvalue weighted by Crippen LogP contribution is -2.47. The van der Waals surface area contributed by atoms with Gasteiger partial charge in [-0.2, -0.15) is 0 Å². The summed E-state index contributed by atoms with van der Waals surface area (Å²) in [5, 5.41) is 10.7. The van der Waals surface area contributed by atoms with E-state index >= 15 is 0 Å². The van der Waals surface area contributed by atoms with Crippen molar-refractivity contribution in [3.8, 4) is 0 Å². The maximum Gasteiger partial charge on any atom is 0.0500 e. The van der Waals surface area contributed by atoms with Crippen molar-refractivity contribution in [3.63, 3.8) is 0 Å². The van der Waals surface area contributed by atoms with Gasteiger partial charge in [-0.15, -0.1) is 0 Å². The number of nitrogens with zero attached hydrogens (tertiary/aromatic N) is 2. The van der Waals surface area contributed by atoms with Gasteiger partial charge < -0.3 is 10.0 Å². The summed E-state index contributed by atoms with van der Waals surface area (Å²) in [6.07, 6.45) is 4.86.